The van der Waals surface area contributed by atoms with Crippen LogP contribution in [0.5, 0.6) is 5.75 Å². The van der Waals surface area contributed by atoms with Gasteiger partial charge in [0.15, 0.2) is 4.90 Å². The first-order valence-electron chi connectivity index (χ1n) is 3.42. The Hall–Kier alpha value is -0.660. The molecule has 0 aliphatic carbocycles. The van der Waals surface area contributed by atoms with Gasteiger partial charge in [0.25, 0.3) is 0 Å². The summed E-state index contributed by atoms with van der Waals surface area (Å²) in [5, 5.41) is 4.82. The first-order valence-corrected chi connectivity index (χ1v) is 5.76. The van der Waals surface area contributed by atoms with Crippen LogP contribution < -0.4 is 9.88 Å². The molecule has 0 atom stereocenters. The van der Waals surface area contributed by atoms with E-state index in [-0.39, 0.29) is 5.75 Å². The van der Waals surface area contributed by atoms with Crippen molar-refractivity contribution < 1.29 is 17.5 Å². The highest BCUT2D eigenvalue weighted by molar-refractivity contribution is 9.10. The molecule has 1 aromatic carbocycles. The van der Waals surface area contributed by atoms with Crippen molar-refractivity contribution in [2.24, 2.45) is 5.14 Å². The molecule has 14 heavy (non-hydrogen) atoms. The van der Waals surface area contributed by atoms with E-state index in [1.54, 1.807) is 0 Å². The van der Waals surface area contributed by atoms with E-state index in [0.29, 0.717) is 4.47 Å². The lowest BCUT2D eigenvalue weighted by molar-refractivity contribution is 0.394. The summed E-state index contributed by atoms with van der Waals surface area (Å²) in [6.07, 6.45) is 0. The van der Waals surface area contributed by atoms with Gasteiger partial charge in [-0.1, -0.05) is 15.9 Å². The number of halogens is 2. The standard InChI is InChI=1S/C7H7BrFNO3S/c1-13-6-3-4(8)2-5(9)7(6)14(10,11)12/h2-3H,1H3,(H2,10,11,12). The molecule has 0 unspecified atom stereocenters. The van der Waals surface area contributed by atoms with E-state index in [2.05, 4.69) is 15.9 Å². The van der Waals surface area contributed by atoms with Crippen molar-refractivity contribution in [3.8, 4) is 5.75 Å². The van der Waals surface area contributed by atoms with Crippen molar-refractivity contribution in [2.75, 3.05) is 7.11 Å². The average Bonchev–Trinajstić information content (AvgIpc) is 1.99. The maximum Gasteiger partial charge on any atom is 0.244 e. The second-order valence-electron chi connectivity index (χ2n) is 2.46. The molecule has 0 radical (unpaired) electrons. The third-order valence-electron chi connectivity index (χ3n) is 1.48. The van der Waals surface area contributed by atoms with Gasteiger partial charge in [-0.2, -0.15) is 0 Å². The summed E-state index contributed by atoms with van der Waals surface area (Å²) in [6.45, 7) is 0. The topological polar surface area (TPSA) is 69.4 Å². The zero-order valence-corrected chi connectivity index (χ0v) is 9.52. The third kappa shape index (κ3) is 2.23. The molecule has 0 amide bonds. The molecule has 0 spiro atoms. The summed E-state index contributed by atoms with van der Waals surface area (Å²) < 4.78 is 40.3. The Labute approximate surface area is 89.0 Å². The summed E-state index contributed by atoms with van der Waals surface area (Å²) in [7, 11) is -2.88. The Bertz CT molecular complexity index is 460. The van der Waals surface area contributed by atoms with Gasteiger partial charge in [-0.05, 0) is 12.1 Å². The lowest BCUT2D eigenvalue weighted by Gasteiger charge is -2.07. The fraction of sp³-hybridized carbons (Fsp3) is 0.143. The summed E-state index contributed by atoms with van der Waals surface area (Å²) in [5.74, 6) is -1.07. The van der Waals surface area contributed by atoms with Gasteiger partial charge in [-0.25, -0.2) is 17.9 Å². The maximum atomic E-state index is 13.2. The molecular weight excluding hydrogens is 277 g/mol. The first-order chi connectivity index (χ1) is 6.36. The van der Waals surface area contributed by atoms with Crippen molar-refractivity contribution >= 4 is 26.0 Å². The Kier molecular flexibility index (Phi) is 3.13. The molecule has 0 saturated carbocycles. The predicted octanol–water partition coefficient (Wildman–Crippen LogP) is 1.24. The Morgan fingerprint density at radius 2 is 2.07 bits per heavy atom. The highest BCUT2D eigenvalue weighted by Crippen LogP contribution is 2.29. The minimum Gasteiger partial charge on any atom is -0.495 e. The molecule has 0 aromatic heterocycles. The number of ether oxygens (including phenoxy) is 1. The van der Waals surface area contributed by atoms with E-state index in [0.717, 1.165) is 6.07 Å². The molecule has 0 fully saturated rings. The average molecular weight is 284 g/mol. The van der Waals surface area contributed by atoms with Crippen molar-refractivity contribution in [1.29, 1.82) is 0 Å². The van der Waals surface area contributed by atoms with E-state index in [9.17, 15) is 12.8 Å². The Balaban J connectivity index is 3.57. The van der Waals surface area contributed by atoms with Gasteiger partial charge in [0, 0.05) is 4.47 Å². The normalized spacial score (nSPS) is 11.4. The molecule has 1 rings (SSSR count). The number of hydrogen-bond donors (Lipinski definition) is 1. The number of rotatable bonds is 2. The lowest BCUT2D eigenvalue weighted by atomic mass is 10.3. The number of sulfonamides is 1. The fourth-order valence-corrected chi connectivity index (χ4v) is 2.13. The molecule has 4 nitrogen and oxygen atoms in total. The van der Waals surface area contributed by atoms with Crippen LogP contribution in [0, 0.1) is 5.82 Å². The molecule has 2 N–H and O–H groups in total. The number of benzene rings is 1. The largest absolute Gasteiger partial charge is 0.495 e. The van der Waals surface area contributed by atoms with Gasteiger partial charge in [0.05, 0.1) is 7.11 Å². The number of hydrogen-bond acceptors (Lipinski definition) is 3. The lowest BCUT2D eigenvalue weighted by Crippen LogP contribution is -2.15. The van der Waals surface area contributed by atoms with Crippen LogP contribution in [-0.2, 0) is 10.0 Å². The van der Waals surface area contributed by atoms with E-state index in [1.165, 1.54) is 13.2 Å². The SMILES string of the molecule is COc1cc(Br)cc(F)c1S(N)(=O)=O. The van der Waals surface area contributed by atoms with Crippen LogP contribution >= 0.6 is 15.9 Å². The van der Waals surface area contributed by atoms with Gasteiger partial charge >= 0.3 is 0 Å². The van der Waals surface area contributed by atoms with Gasteiger partial charge < -0.3 is 4.74 Å². The van der Waals surface area contributed by atoms with E-state index >= 15 is 0 Å². The van der Waals surface area contributed by atoms with Gasteiger partial charge in [-0.3, -0.25) is 0 Å². The minimum atomic E-state index is -4.11. The monoisotopic (exact) mass is 283 g/mol. The van der Waals surface area contributed by atoms with Gasteiger partial charge in [-0.15, -0.1) is 0 Å². The highest BCUT2D eigenvalue weighted by atomic mass is 79.9. The van der Waals surface area contributed by atoms with Crippen molar-refractivity contribution in [1.82, 2.24) is 0 Å². The quantitative estimate of drug-likeness (QED) is 0.888. The van der Waals surface area contributed by atoms with Gasteiger partial charge in [0.2, 0.25) is 10.0 Å². The third-order valence-corrected chi connectivity index (χ3v) is 2.90. The van der Waals surface area contributed by atoms with E-state index in [1.807, 2.05) is 0 Å². The molecular formula is C7H7BrFNO3S. The van der Waals surface area contributed by atoms with Crippen LogP contribution in [0.4, 0.5) is 4.39 Å². The highest BCUT2D eigenvalue weighted by Gasteiger charge is 2.21. The van der Waals surface area contributed by atoms with Crippen LogP contribution in [0.3, 0.4) is 0 Å². The Morgan fingerprint density at radius 1 is 1.50 bits per heavy atom. The smallest absolute Gasteiger partial charge is 0.244 e. The maximum absolute atomic E-state index is 13.2. The second-order valence-corrected chi connectivity index (χ2v) is 4.88. The molecule has 7 heteroatoms. The summed E-state index contributed by atoms with van der Waals surface area (Å²) >= 11 is 3.00. The van der Waals surface area contributed by atoms with Crippen molar-refractivity contribution in [3.05, 3.63) is 22.4 Å². The molecule has 0 aliphatic rings. The van der Waals surface area contributed by atoms with Crippen LogP contribution in [0.1, 0.15) is 0 Å². The number of primary sulfonamides is 1. The van der Waals surface area contributed by atoms with Gasteiger partial charge in [0.1, 0.15) is 11.6 Å². The van der Waals surface area contributed by atoms with Crippen LogP contribution in [0.2, 0.25) is 0 Å². The minimum absolute atomic E-state index is 0.126. The number of nitrogens with two attached hydrogens (primary N) is 1. The van der Waals surface area contributed by atoms with Crippen molar-refractivity contribution in [2.45, 2.75) is 4.90 Å². The zero-order valence-electron chi connectivity index (χ0n) is 7.12. The van der Waals surface area contributed by atoms with Crippen LogP contribution in [0.25, 0.3) is 0 Å². The van der Waals surface area contributed by atoms with Crippen LogP contribution in [-0.4, -0.2) is 15.5 Å². The fourth-order valence-electron chi connectivity index (χ4n) is 0.964. The van der Waals surface area contributed by atoms with E-state index < -0.39 is 20.7 Å². The molecule has 0 bridgehead atoms. The summed E-state index contributed by atoms with van der Waals surface area (Å²) in [5.41, 5.74) is 0. The Morgan fingerprint density at radius 3 is 2.50 bits per heavy atom. The molecule has 78 valence electrons. The predicted molar refractivity (Wildman–Crippen MR) is 52.0 cm³/mol. The molecule has 0 aliphatic heterocycles. The molecule has 0 heterocycles. The first kappa shape index (κ1) is 11.4. The second kappa shape index (κ2) is 3.84. The zero-order chi connectivity index (χ0) is 10.9. The van der Waals surface area contributed by atoms with E-state index in [4.69, 9.17) is 9.88 Å². The molecule has 0 saturated heterocycles. The number of methoxy groups -OCH3 is 1. The summed E-state index contributed by atoms with van der Waals surface area (Å²) in [4.78, 5) is -0.636. The van der Waals surface area contributed by atoms with Crippen molar-refractivity contribution in [3.63, 3.8) is 0 Å². The molecule has 1 aromatic rings. The summed E-state index contributed by atoms with van der Waals surface area (Å²) in [6, 6.07) is 2.32. The van der Waals surface area contributed by atoms with Crippen LogP contribution in [0.15, 0.2) is 21.5 Å².